The average molecular weight is 212 g/mol. The van der Waals surface area contributed by atoms with Gasteiger partial charge in [-0.3, -0.25) is 4.90 Å². The zero-order valence-corrected chi connectivity index (χ0v) is 10.0. The molecule has 2 fully saturated rings. The smallest absolute Gasteiger partial charge is 0.0635 e. The number of nitrogens with one attached hydrogen (secondary N) is 1. The maximum Gasteiger partial charge on any atom is 0.0635 e. The predicted octanol–water partition coefficient (Wildman–Crippen LogP) is 1.24. The summed E-state index contributed by atoms with van der Waals surface area (Å²) in [6, 6.07) is 2.10. The van der Waals surface area contributed by atoms with Crippen molar-refractivity contribution in [1.29, 1.82) is 0 Å². The van der Waals surface area contributed by atoms with Crippen molar-refractivity contribution in [3.63, 3.8) is 0 Å². The number of hydrogen-bond donors (Lipinski definition) is 1. The van der Waals surface area contributed by atoms with Crippen LogP contribution in [0.25, 0.3) is 0 Å². The monoisotopic (exact) mass is 212 g/mol. The van der Waals surface area contributed by atoms with Crippen molar-refractivity contribution >= 4 is 0 Å². The Balaban J connectivity index is 1.80. The largest absolute Gasteiger partial charge is 0.378 e. The average Bonchev–Trinajstić information content (AvgIpc) is 3.09. The van der Waals surface area contributed by atoms with Crippen LogP contribution in [0.2, 0.25) is 0 Å². The molecule has 0 radical (unpaired) electrons. The van der Waals surface area contributed by atoms with Crippen molar-refractivity contribution in [2.24, 2.45) is 0 Å². The van der Waals surface area contributed by atoms with Crippen molar-refractivity contribution < 1.29 is 4.74 Å². The Labute approximate surface area is 93.2 Å². The molecule has 0 aromatic heterocycles. The lowest BCUT2D eigenvalue weighted by molar-refractivity contribution is -0.0254. The van der Waals surface area contributed by atoms with E-state index in [1.807, 2.05) is 0 Å². The molecule has 1 saturated carbocycles. The van der Waals surface area contributed by atoms with Gasteiger partial charge in [0, 0.05) is 31.2 Å². The van der Waals surface area contributed by atoms with E-state index in [4.69, 9.17) is 4.74 Å². The standard InChI is InChI=1S/C12H24N2O/c1-3-10(2)14-6-7-15-9-12(14)8-13-11-4-5-11/h10-13H,3-9H2,1-2H3. The van der Waals surface area contributed by atoms with Crippen molar-refractivity contribution in [3.8, 4) is 0 Å². The van der Waals surface area contributed by atoms with Gasteiger partial charge < -0.3 is 10.1 Å². The third kappa shape index (κ3) is 3.16. The Morgan fingerprint density at radius 3 is 2.93 bits per heavy atom. The van der Waals surface area contributed by atoms with Gasteiger partial charge in [-0.15, -0.1) is 0 Å². The van der Waals surface area contributed by atoms with Crippen LogP contribution in [0.3, 0.4) is 0 Å². The van der Waals surface area contributed by atoms with Crippen molar-refractivity contribution in [1.82, 2.24) is 10.2 Å². The highest BCUT2D eigenvalue weighted by molar-refractivity contribution is 4.86. The van der Waals surface area contributed by atoms with Gasteiger partial charge in [0.25, 0.3) is 0 Å². The molecular formula is C12H24N2O. The molecule has 2 atom stereocenters. The molecule has 15 heavy (non-hydrogen) atoms. The third-order valence-electron chi connectivity index (χ3n) is 3.65. The lowest BCUT2D eigenvalue weighted by Gasteiger charge is -2.39. The summed E-state index contributed by atoms with van der Waals surface area (Å²) in [5.74, 6) is 0. The highest BCUT2D eigenvalue weighted by atomic mass is 16.5. The lowest BCUT2D eigenvalue weighted by Crippen LogP contribution is -2.53. The van der Waals surface area contributed by atoms with Gasteiger partial charge in [-0.05, 0) is 26.2 Å². The van der Waals surface area contributed by atoms with Gasteiger partial charge in [-0.2, -0.15) is 0 Å². The summed E-state index contributed by atoms with van der Waals surface area (Å²) in [6.45, 7) is 8.62. The van der Waals surface area contributed by atoms with E-state index < -0.39 is 0 Å². The van der Waals surface area contributed by atoms with Crippen LogP contribution in [0.15, 0.2) is 0 Å². The van der Waals surface area contributed by atoms with E-state index in [2.05, 4.69) is 24.1 Å². The molecule has 0 spiro atoms. The molecule has 1 aliphatic heterocycles. The first-order chi connectivity index (χ1) is 7.31. The van der Waals surface area contributed by atoms with E-state index in [0.717, 1.165) is 32.3 Å². The minimum atomic E-state index is 0.592. The Bertz CT molecular complexity index is 194. The van der Waals surface area contributed by atoms with Crippen molar-refractivity contribution in [3.05, 3.63) is 0 Å². The molecular weight excluding hydrogens is 188 g/mol. The van der Waals surface area contributed by atoms with Crippen LogP contribution >= 0.6 is 0 Å². The zero-order valence-electron chi connectivity index (χ0n) is 10.0. The maximum atomic E-state index is 5.58. The fourth-order valence-corrected chi connectivity index (χ4v) is 2.25. The quantitative estimate of drug-likeness (QED) is 0.742. The molecule has 2 aliphatic rings. The Morgan fingerprint density at radius 2 is 2.27 bits per heavy atom. The molecule has 3 nitrogen and oxygen atoms in total. The Hall–Kier alpha value is -0.120. The first-order valence-corrected chi connectivity index (χ1v) is 6.38. The second-order valence-electron chi connectivity index (χ2n) is 4.91. The number of rotatable bonds is 5. The van der Waals surface area contributed by atoms with Crippen LogP contribution in [-0.4, -0.2) is 49.3 Å². The molecule has 0 aromatic carbocycles. The van der Waals surface area contributed by atoms with Gasteiger partial charge >= 0.3 is 0 Å². The lowest BCUT2D eigenvalue weighted by atomic mass is 10.1. The summed E-state index contributed by atoms with van der Waals surface area (Å²) >= 11 is 0. The van der Waals surface area contributed by atoms with Crippen LogP contribution in [0, 0.1) is 0 Å². The Morgan fingerprint density at radius 1 is 1.47 bits per heavy atom. The summed E-state index contributed by atoms with van der Waals surface area (Å²) in [5.41, 5.74) is 0. The van der Waals surface area contributed by atoms with Gasteiger partial charge in [0.15, 0.2) is 0 Å². The topological polar surface area (TPSA) is 24.5 Å². The highest BCUT2D eigenvalue weighted by Crippen LogP contribution is 2.20. The van der Waals surface area contributed by atoms with E-state index in [1.165, 1.54) is 19.3 Å². The minimum absolute atomic E-state index is 0.592. The molecule has 2 unspecified atom stereocenters. The molecule has 3 heteroatoms. The van der Waals surface area contributed by atoms with E-state index in [9.17, 15) is 0 Å². The number of ether oxygens (including phenoxy) is 1. The molecule has 0 amide bonds. The number of morpholine rings is 1. The van der Waals surface area contributed by atoms with Gasteiger partial charge in [-0.25, -0.2) is 0 Å². The van der Waals surface area contributed by atoms with Crippen LogP contribution in [-0.2, 0) is 4.74 Å². The van der Waals surface area contributed by atoms with Gasteiger partial charge in [0.2, 0.25) is 0 Å². The van der Waals surface area contributed by atoms with Crippen molar-refractivity contribution in [2.45, 2.75) is 51.2 Å². The fourth-order valence-electron chi connectivity index (χ4n) is 2.25. The van der Waals surface area contributed by atoms with E-state index in [1.54, 1.807) is 0 Å². The van der Waals surface area contributed by atoms with E-state index in [-0.39, 0.29) is 0 Å². The molecule has 0 aromatic rings. The van der Waals surface area contributed by atoms with E-state index in [0.29, 0.717) is 12.1 Å². The maximum absolute atomic E-state index is 5.58. The third-order valence-corrected chi connectivity index (χ3v) is 3.65. The summed E-state index contributed by atoms with van der Waals surface area (Å²) < 4.78 is 5.58. The zero-order chi connectivity index (χ0) is 10.7. The molecule has 1 N–H and O–H groups in total. The van der Waals surface area contributed by atoms with E-state index >= 15 is 0 Å². The van der Waals surface area contributed by atoms with Gasteiger partial charge in [-0.1, -0.05) is 6.92 Å². The van der Waals surface area contributed by atoms with Crippen LogP contribution in [0.5, 0.6) is 0 Å². The SMILES string of the molecule is CCC(C)N1CCOCC1CNC1CC1. The first-order valence-electron chi connectivity index (χ1n) is 6.38. The normalized spacial score (nSPS) is 30.4. The second-order valence-corrected chi connectivity index (χ2v) is 4.91. The Kier molecular flexibility index (Phi) is 4.00. The van der Waals surface area contributed by atoms with Crippen LogP contribution < -0.4 is 5.32 Å². The van der Waals surface area contributed by atoms with Gasteiger partial charge in [0.05, 0.1) is 13.2 Å². The van der Waals surface area contributed by atoms with Gasteiger partial charge in [0.1, 0.15) is 0 Å². The number of hydrogen-bond acceptors (Lipinski definition) is 3. The molecule has 2 rings (SSSR count). The minimum Gasteiger partial charge on any atom is -0.378 e. The summed E-state index contributed by atoms with van der Waals surface area (Å²) in [6.07, 6.45) is 3.98. The summed E-state index contributed by atoms with van der Waals surface area (Å²) in [5, 5.41) is 3.61. The van der Waals surface area contributed by atoms with Crippen LogP contribution in [0.4, 0.5) is 0 Å². The first kappa shape index (κ1) is 11.4. The molecule has 1 aliphatic carbocycles. The summed E-state index contributed by atoms with van der Waals surface area (Å²) in [4.78, 5) is 2.61. The molecule has 88 valence electrons. The predicted molar refractivity (Wildman–Crippen MR) is 62.1 cm³/mol. The van der Waals surface area contributed by atoms with Crippen LogP contribution in [0.1, 0.15) is 33.1 Å². The molecule has 1 heterocycles. The fraction of sp³-hybridized carbons (Fsp3) is 1.00. The van der Waals surface area contributed by atoms with Crippen molar-refractivity contribution in [2.75, 3.05) is 26.3 Å². The molecule has 1 saturated heterocycles. The second kappa shape index (κ2) is 5.28. The highest BCUT2D eigenvalue weighted by Gasteiger charge is 2.28. The summed E-state index contributed by atoms with van der Waals surface area (Å²) in [7, 11) is 0. The number of nitrogens with zero attached hydrogens (tertiary/aromatic N) is 1. The molecule has 0 bridgehead atoms.